The average Bonchev–Trinajstić information content (AvgIpc) is 3.34. The number of amides is 3. The highest BCUT2D eigenvalue weighted by Crippen LogP contribution is 2.25. The van der Waals surface area contributed by atoms with Gasteiger partial charge in [0, 0.05) is 18.8 Å². The second-order valence-electron chi connectivity index (χ2n) is 7.06. The van der Waals surface area contributed by atoms with Gasteiger partial charge in [0.25, 0.3) is 5.91 Å². The number of imide groups is 1. The molecule has 0 bridgehead atoms. The van der Waals surface area contributed by atoms with E-state index >= 15 is 0 Å². The van der Waals surface area contributed by atoms with E-state index in [1.54, 1.807) is 24.3 Å². The van der Waals surface area contributed by atoms with E-state index in [9.17, 15) is 22.8 Å². The summed E-state index contributed by atoms with van der Waals surface area (Å²) in [6, 6.07) is 9.29. The second kappa shape index (κ2) is 10.6. The Morgan fingerprint density at radius 1 is 1.06 bits per heavy atom. The zero-order valence-electron chi connectivity index (χ0n) is 17.7. The fraction of sp³-hybridized carbons (Fsp3) is 0.286. The highest BCUT2D eigenvalue weighted by atomic mass is 35.5. The standard InChI is InChI=1S/C21H22ClN3O7S/c1-31-15-6-4-14(5-7-15)23-21(28)24-19(26)13-32-20(27)17-12-16(8-9-18(17)22)33(29,30)25-10-2-3-11-25/h4-9,12H,2-3,10-11,13H2,1H3,(H2,23,24,26,28). The Balaban J connectivity index is 1.57. The first kappa shape index (κ1) is 24.5. The van der Waals surface area contributed by atoms with Gasteiger partial charge in [-0.05, 0) is 55.3 Å². The molecule has 0 spiro atoms. The number of methoxy groups -OCH3 is 1. The van der Waals surface area contributed by atoms with E-state index in [1.807, 2.05) is 5.32 Å². The van der Waals surface area contributed by atoms with Crippen LogP contribution in [0.3, 0.4) is 0 Å². The topological polar surface area (TPSA) is 131 Å². The van der Waals surface area contributed by atoms with Crippen LogP contribution in [0, 0.1) is 0 Å². The maximum absolute atomic E-state index is 12.7. The zero-order chi connectivity index (χ0) is 24.0. The van der Waals surface area contributed by atoms with Crippen molar-refractivity contribution >= 4 is 45.2 Å². The Labute approximate surface area is 195 Å². The molecule has 3 rings (SSSR count). The third-order valence-electron chi connectivity index (χ3n) is 4.80. The number of hydrogen-bond donors (Lipinski definition) is 2. The van der Waals surface area contributed by atoms with Crippen LogP contribution in [0.15, 0.2) is 47.4 Å². The molecule has 1 fully saturated rings. The summed E-state index contributed by atoms with van der Waals surface area (Å²) < 4.78 is 36.7. The summed E-state index contributed by atoms with van der Waals surface area (Å²) in [7, 11) is -2.26. The molecule has 10 nitrogen and oxygen atoms in total. The molecule has 2 N–H and O–H groups in total. The number of sulfonamides is 1. The predicted octanol–water partition coefficient (Wildman–Crippen LogP) is 2.64. The number of halogens is 1. The number of hydrogen-bond acceptors (Lipinski definition) is 7. The Morgan fingerprint density at radius 3 is 2.36 bits per heavy atom. The summed E-state index contributed by atoms with van der Waals surface area (Å²) in [5.74, 6) is -1.28. The lowest BCUT2D eigenvalue weighted by Gasteiger charge is -2.16. The maximum atomic E-state index is 12.7. The molecule has 0 unspecified atom stereocenters. The summed E-state index contributed by atoms with van der Waals surface area (Å²) in [6.45, 7) is 0.0430. The minimum atomic E-state index is -3.77. The summed E-state index contributed by atoms with van der Waals surface area (Å²) in [5, 5.41) is 4.43. The van der Waals surface area contributed by atoms with Gasteiger partial charge in [0.2, 0.25) is 10.0 Å². The van der Waals surface area contributed by atoms with E-state index in [-0.39, 0.29) is 15.5 Å². The number of urea groups is 1. The highest BCUT2D eigenvalue weighted by molar-refractivity contribution is 7.89. The number of esters is 1. The van der Waals surface area contributed by atoms with Gasteiger partial charge in [0.05, 0.1) is 22.6 Å². The number of ether oxygens (including phenoxy) is 2. The monoisotopic (exact) mass is 495 g/mol. The van der Waals surface area contributed by atoms with Crippen LogP contribution < -0.4 is 15.4 Å². The van der Waals surface area contributed by atoms with Gasteiger partial charge in [-0.15, -0.1) is 0 Å². The Kier molecular flexibility index (Phi) is 7.90. The predicted molar refractivity (Wildman–Crippen MR) is 120 cm³/mol. The lowest BCUT2D eigenvalue weighted by molar-refractivity contribution is -0.123. The van der Waals surface area contributed by atoms with Crippen LogP contribution in [0.25, 0.3) is 0 Å². The number of benzene rings is 2. The zero-order valence-corrected chi connectivity index (χ0v) is 19.2. The molecule has 0 saturated carbocycles. The van der Waals surface area contributed by atoms with Gasteiger partial charge in [0.15, 0.2) is 6.61 Å². The summed E-state index contributed by atoms with van der Waals surface area (Å²) in [6.07, 6.45) is 1.53. The van der Waals surface area contributed by atoms with Crippen LogP contribution in [0.5, 0.6) is 5.75 Å². The number of carbonyl (C=O) groups excluding carboxylic acids is 3. The van der Waals surface area contributed by atoms with Crippen LogP contribution in [0.2, 0.25) is 5.02 Å². The molecule has 0 radical (unpaired) electrons. The number of nitrogens with one attached hydrogen (secondary N) is 2. The largest absolute Gasteiger partial charge is 0.497 e. The van der Waals surface area contributed by atoms with E-state index < -0.39 is 34.5 Å². The molecule has 0 aliphatic carbocycles. The minimum absolute atomic E-state index is 0.0296. The van der Waals surface area contributed by atoms with Crippen molar-refractivity contribution in [1.82, 2.24) is 9.62 Å². The van der Waals surface area contributed by atoms with Crippen molar-refractivity contribution in [2.45, 2.75) is 17.7 Å². The molecule has 12 heteroatoms. The molecule has 1 aliphatic rings. The van der Waals surface area contributed by atoms with Crippen LogP contribution in [-0.2, 0) is 19.6 Å². The average molecular weight is 496 g/mol. The summed E-state index contributed by atoms with van der Waals surface area (Å²) in [4.78, 5) is 36.2. The maximum Gasteiger partial charge on any atom is 0.340 e. The number of anilines is 1. The quantitative estimate of drug-likeness (QED) is 0.564. The molecule has 176 valence electrons. The highest BCUT2D eigenvalue weighted by Gasteiger charge is 2.28. The Morgan fingerprint density at radius 2 is 1.73 bits per heavy atom. The van der Waals surface area contributed by atoms with Crippen LogP contribution in [0.4, 0.5) is 10.5 Å². The minimum Gasteiger partial charge on any atom is -0.497 e. The van der Waals surface area contributed by atoms with E-state index in [1.165, 1.54) is 23.5 Å². The van der Waals surface area contributed by atoms with Crippen molar-refractivity contribution in [2.24, 2.45) is 0 Å². The fourth-order valence-electron chi connectivity index (χ4n) is 3.11. The number of rotatable bonds is 7. The smallest absolute Gasteiger partial charge is 0.340 e. The van der Waals surface area contributed by atoms with Gasteiger partial charge >= 0.3 is 12.0 Å². The molecule has 2 aromatic rings. The summed E-state index contributed by atoms with van der Waals surface area (Å²) >= 11 is 6.03. The first-order valence-electron chi connectivity index (χ1n) is 9.92. The molecule has 3 amide bonds. The van der Waals surface area contributed by atoms with Gasteiger partial charge < -0.3 is 14.8 Å². The molecule has 1 saturated heterocycles. The third-order valence-corrected chi connectivity index (χ3v) is 7.02. The fourth-order valence-corrected chi connectivity index (χ4v) is 4.85. The van der Waals surface area contributed by atoms with Crippen molar-refractivity contribution in [3.8, 4) is 5.75 Å². The van der Waals surface area contributed by atoms with Gasteiger partial charge in [-0.2, -0.15) is 4.31 Å². The molecule has 1 heterocycles. The van der Waals surface area contributed by atoms with Crippen molar-refractivity contribution in [3.63, 3.8) is 0 Å². The Hall–Kier alpha value is -3.15. The number of carbonyl (C=O) groups is 3. The second-order valence-corrected chi connectivity index (χ2v) is 9.40. The first-order valence-corrected chi connectivity index (χ1v) is 11.7. The van der Waals surface area contributed by atoms with Gasteiger partial charge in [-0.1, -0.05) is 11.6 Å². The molecule has 2 aromatic carbocycles. The molecule has 33 heavy (non-hydrogen) atoms. The van der Waals surface area contributed by atoms with E-state index in [0.29, 0.717) is 24.5 Å². The SMILES string of the molecule is COc1ccc(NC(=O)NC(=O)COC(=O)c2cc(S(=O)(=O)N3CCCC3)ccc2Cl)cc1. The van der Waals surface area contributed by atoms with E-state index in [2.05, 4.69) is 5.32 Å². The molecular formula is C21H22ClN3O7S. The summed E-state index contributed by atoms with van der Waals surface area (Å²) in [5.41, 5.74) is 0.216. The molecule has 0 atom stereocenters. The number of nitrogens with zero attached hydrogens (tertiary/aromatic N) is 1. The van der Waals surface area contributed by atoms with Gasteiger partial charge in [-0.3, -0.25) is 10.1 Å². The van der Waals surface area contributed by atoms with Gasteiger partial charge in [0.1, 0.15) is 5.75 Å². The molecular weight excluding hydrogens is 474 g/mol. The third kappa shape index (κ3) is 6.21. The van der Waals surface area contributed by atoms with Crippen molar-refractivity contribution in [3.05, 3.63) is 53.1 Å². The lowest BCUT2D eigenvalue weighted by atomic mass is 10.2. The first-order chi connectivity index (χ1) is 15.7. The van der Waals surface area contributed by atoms with Crippen molar-refractivity contribution in [1.29, 1.82) is 0 Å². The van der Waals surface area contributed by atoms with Crippen LogP contribution >= 0.6 is 11.6 Å². The lowest BCUT2D eigenvalue weighted by Crippen LogP contribution is -2.37. The van der Waals surface area contributed by atoms with E-state index in [0.717, 1.165) is 18.9 Å². The van der Waals surface area contributed by atoms with Crippen LogP contribution in [-0.4, -0.2) is 57.4 Å². The molecule has 1 aliphatic heterocycles. The van der Waals surface area contributed by atoms with E-state index in [4.69, 9.17) is 21.1 Å². The molecule has 0 aromatic heterocycles. The van der Waals surface area contributed by atoms with Gasteiger partial charge in [-0.25, -0.2) is 18.0 Å². The van der Waals surface area contributed by atoms with Crippen LogP contribution in [0.1, 0.15) is 23.2 Å². The van der Waals surface area contributed by atoms with Crippen molar-refractivity contribution < 1.29 is 32.3 Å². The Bertz CT molecular complexity index is 1150. The van der Waals surface area contributed by atoms with Crippen molar-refractivity contribution in [2.75, 3.05) is 32.1 Å². The normalized spacial score (nSPS) is 13.9.